The molecule has 0 unspecified atom stereocenters. The Balaban J connectivity index is 2.62. The molecule has 0 radical (unpaired) electrons. The summed E-state index contributed by atoms with van der Waals surface area (Å²) in [6, 6.07) is 5.84. The molecule has 0 spiro atoms. The molecule has 3 heteroatoms. The number of carbonyl (C=O) groups is 1. The van der Waals surface area contributed by atoms with Crippen molar-refractivity contribution in [3.63, 3.8) is 0 Å². The molecule has 2 rings (SSSR count). The Hall–Kier alpha value is -1.35. The van der Waals surface area contributed by atoms with Crippen LogP contribution >= 0.6 is 0 Å². The first kappa shape index (κ1) is 7.31. The van der Waals surface area contributed by atoms with Crippen molar-refractivity contribution in [1.29, 1.82) is 0 Å². The Morgan fingerprint density at radius 2 is 2.25 bits per heavy atom. The van der Waals surface area contributed by atoms with Crippen LogP contribution in [-0.4, -0.2) is 5.91 Å². The van der Waals surface area contributed by atoms with Gasteiger partial charge in [0.25, 0.3) is 0 Å². The highest BCUT2D eigenvalue weighted by Crippen LogP contribution is 2.29. The van der Waals surface area contributed by atoms with E-state index in [0.29, 0.717) is 6.42 Å². The predicted octanol–water partition coefficient (Wildman–Crippen LogP) is 0.758. The molecule has 1 aromatic rings. The number of hydrogen-bond acceptors (Lipinski definition) is 2. The third-order valence-electron chi connectivity index (χ3n) is 2.17. The van der Waals surface area contributed by atoms with Gasteiger partial charge in [0, 0.05) is 0 Å². The summed E-state index contributed by atoms with van der Waals surface area (Å²) in [5.41, 5.74) is 2.96. The Bertz CT molecular complexity index is 346. The largest absolute Gasteiger partial charge is 0.273 e. The average Bonchev–Trinajstić information content (AvgIpc) is 2.29. The van der Waals surface area contributed by atoms with Crippen molar-refractivity contribution in [3.05, 3.63) is 29.3 Å². The molecule has 1 amide bonds. The van der Waals surface area contributed by atoms with Gasteiger partial charge in [-0.3, -0.25) is 4.79 Å². The van der Waals surface area contributed by atoms with Gasteiger partial charge < -0.3 is 0 Å². The maximum absolute atomic E-state index is 11.2. The van der Waals surface area contributed by atoms with Gasteiger partial charge >= 0.3 is 0 Å². The second-order valence-electron chi connectivity index (χ2n) is 3.02. The molecule has 1 heterocycles. The van der Waals surface area contributed by atoms with Gasteiger partial charge in [-0.25, -0.2) is 10.9 Å². The molecule has 3 nitrogen and oxygen atoms in total. The molecule has 12 heavy (non-hydrogen) atoms. The molecule has 62 valence electrons. The first-order chi connectivity index (χ1) is 5.70. The second-order valence-corrected chi connectivity index (χ2v) is 3.02. The van der Waals surface area contributed by atoms with E-state index >= 15 is 0 Å². The summed E-state index contributed by atoms with van der Waals surface area (Å²) in [6.45, 7) is 1.96. The van der Waals surface area contributed by atoms with E-state index in [0.717, 1.165) is 16.8 Å². The van der Waals surface area contributed by atoms with Crippen molar-refractivity contribution in [2.45, 2.75) is 13.3 Å². The van der Waals surface area contributed by atoms with Crippen LogP contribution in [0.2, 0.25) is 0 Å². The van der Waals surface area contributed by atoms with Crippen molar-refractivity contribution in [3.8, 4) is 0 Å². The summed E-state index contributed by atoms with van der Waals surface area (Å²) in [4.78, 5) is 11.2. The lowest BCUT2D eigenvalue weighted by atomic mass is 10.1. The molecule has 1 aliphatic heterocycles. The molecule has 0 fully saturated rings. The summed E-state index contributed by atoms with van der Waals surface area (Å²) >= 11 is 0. The van der Waals surface area contributed by atoms with E-state index in [-0.39, 0.29) is 5.91 Å². The maximum atomic E-state index is 11.2. The fraction of sp³-hybridized carbons (Fsp3) is 0.222. The zero-order valence-corrected chi connectivity index (χ0v) is 6.87. The summed E-state index contributed by atoms with van der Waals surface area (Å²) in [5.74, 6) is 5.55. The third kappa shape index (κ3) is 0.833. The Kier molecular flexibility index (Phi) is 1.41. The summed E-state index contributed by atoms with van der Waals surface area (Å²) in [5, 5.41) is 1.24. The van der Waals surface area contributed by atoms with Crippen LogP contribution < -0.4 is 10.9 Å². The standard InChI is InChI=1S/C9H10N2O/c1-6-3-2-4-7-5-8(12)11(10)9(6)7/h2-4H,5,10H2,1H3. The quantitative estimate of drug-likeness (QED) is 0.452. The van der Waals surface area contributed by atoms with Gasteiger partial charge in [-0.05, 0) is 18.1 Å². The Morgan fingerprint density at radius 3 is 2.92 bits per heavy atom. The molecule has 0 saturated heterocycles. The highest BCUT2D eigenvalue weighted by atomic mass is 16.2. The smallest absolute Gasteiger partial charge is 0.245 e. The topological polar surface area (TPSA) is 46.3 Å². The number of carbonyl (C=O) groups excluding carboxylic acids is 1. The molecule has 0 aromatic heterocycles. The minimum absolute atomic E-state index is 0.0284. The molecular weight excluding hydrogens is 152 g/mol. The van der Waals surface area contributed by atoms with Crippen LogP contribution in [0.25, 0.3) is 0 Å². The summed E-state index contributed by atoms with van der Waals surface area (Å²) in [6.07, 6.45) is 0.438. The normalized spacial score (nSPS) is 15.2. The van der Waals surface area contributed by atoms with Crippen LogP contribution in [0.3, 0.4) is 0 Å². The minimum Gasteiger partial charge on any atom is -0.273 e. The molecule has 1 aliphatic rings. The number of rotatable bonds is 0. The van der Waals surface area contributed by atoms with Gasteiger partial charge in [0.15, 0.2) is 0 Å². The summed E-state index contributed by atoms with van der Waals surface area (Å²) in [7, 11) is 0. The third-order valence-corrected chi connectivity index (χ3v) is 2.17. The number of amides is 1. The molecule has 0 bridgehead atoms. The SMILES string of the molecule is Cc1cccc2c1N(N)C(=O)C2. The number of para-hydroxylation sites is 1. The zero-order chi connectivity index (χ0) is 8.72. The number of fused-ring (bicyclic) bond motifs is 1. The van der Waals surface area contributed by atoms with Crippen LogP contribution in [-0.2, 0) is 11.2 Å². The molecule has 0 aliphatic carbocycles. The highest BCUT2D eigenvalue weighted by Gasteiger charge is 2.25. The van der Waals surface area contributed by atoms with Crippen LogP contribution in [0.5, 0.6) is 0 Å². The fourth-order valence-electron chi connectivity index (χ4n) is 1.58. The van der Waals surface area contributed by atoms with Crippen molar-refractivity contribution < 1.29 is 4.79 Å². The van der Waals surface area contributed by atoms with E-state index in [1.54, 1.807) is 0 Å². The van der Waals surface area contributed by atoms with Crippen LogP contribution in [0.4, 0.5) is 5.69 Å². The number of aryl methyl sites for hydroxylation is 1. The van der Waals surface area contributed by atoms with Gasteiger partial charge in [0.2, 0.25) is 5.91 Å². The molecule has 2 N–H and O–H groups in total. The maximum Gasteiger partial charge on any atom is 0.245 e. The first-order valence-corrected chi connectivity index (χ1v) is 3.86. The van der Waals surface area contributed by atoms with Crippen molar-refractivity contribution in [2.24, 2.45) is 5.84 Å². The molecule has 0 atom stereocenters. The van der Waals surface area contributed by atoms with E-state index in [2.05, 4.69) is 0 Å². The average molecular weight is 162 g/mol. The second kappa shape index (κ2) is 2.32. The zero-order valence-electron chi connectivity index (χ0n) is 6.87. The van der Waals surface area contributed by atoms with Gasteiger partial charge in [-0.1, -0.05) is 18.2 Å². The molecule has 1 aromatic carbocycles. The lowest BCUT2D eigenvalue weighted by Crippen LogP contribution is -2.34. The van der Waals surface area contributed by atoms with Crippen LogP contribution in [0.15, 0.2) is 18.2 Å². The monoisotopic (exact) mass is 162 g/mol. The molecule has 0 saturated carbocycles. The molecular formula is C9H10N2O. The van der Waals surface area contributed by atoms with Crippen LogP contribution in [0, 0.1) is 6.92 Å². The highest BCUT2D eigenvalue weighted by molar-refractivity contribution is 6.01. The van der Waals surface area contributed by atoms with Gasteiger partial charge in [-0.2, -0.15) is 0 Å². The Morgan fingerprint density at radius 1 is 1.50 bits per heavy atom. The lowest BCUT2D eigenvalue weighted by molar-refractivity contribution is -0.117. The van der Waals surface area contributed by atoms with E-state index in [1.807, 2.05) is 25.1 Å². The minimum atomic E-state index is -0.0284. The van der Waals surface area contributed by atoms with Crippen molar-refractivity contribution in [2.75, 3.05) is 5.01 Å². The number of benzene rings is 1. The number of nitrogens with two attached hydrogens (primary N) is 1. The first-order valence-electron chi connectivity index (χ1n) is 3.86. The van der Waals surface area contributed by atoms with E-state index in [1.165, 1.54) is 5.01 Å². The van der Waals surface area contributed by atoms with Gasteiger partial charge in [0.1, 0.15) is 0 Å². The van der Waals surface area contributed by atoms with Crippen LogP contribution in [0.1, 0.15) is 11.1 Å². The summed E-state index contributed by atoms with van der Waals surface area (Å²) < 4.78 is 0. The van der Waals surface area contributed by atoms with E-state index < -0.39 is 0 Å². The van der Waals surface area contributed by atoms with Crippen molar-refractivity contribution in [1.82, 2.24) is 0 Å². The van der Waals surface area contributed by atoms with E-state index in [9.17, 15) is 4.79 Å². The number of nitrogens with zero attached hydrogens (tertiary/aromatic N) is 1. The number of anilines is 1. The number of hydrogen-bond donors (Lipinski definition) is 1. The van der Waals surface area contributed by atoms with Crippen molar-refractivity contribution >= 4 is 11.6 Å². The van der Waals surface area contributed by atoms with E-state index in [4.69, 9.17) is 5.84 Å². The van der Waals surface area contributed by atoms with Gasteiger partial charge in [-0.15, -0.1) is 0 Å². The lowest BCUT2D eigenvalue weighted by Gasteiger charge is -2.11. The number of hydrazine groups is 1. The predicted molar refractivity (Wildman–Crippen MR) is 46.6 cm³/mol. The van der Waals surface area contributed by atoms with Gasteiger partial charge in [0.05, 0.1) is 12.1 Å². The fourth-order valence-corrected chi connectivity index (χ4v) is 1.58. The Labute approximate surface area is 70.8 Å².